The third-order valence-electron chi connectivity index (χ3n) is 3.02. The number of carbonyl (C=O) groups excluding carboxylic acids is 1. The summed E-state index contributed by atoms with van der Waals surface area (Å²) < 4.78 is 22.8. The summed E-state index contributed by atoms with van der Waals surface area (Å²) >= 11 is 0. The van der Waals surface area contributed by atoms with Crippen molar-refractivity contribution in [3.63, 3.8) is 0 Å². The van der Waals surface area contributed by atoms with Gasteiger partial charge in [-0.1, -0.05) is 13.8 Å². The molecule has 8 heteroatoms. The Balaban J connectivity index is 2.53. The fraction of sp³-hybridized carbons (Fsp3) is 0.818. The molecule has 1 fully saturated rings. The zero-order chi connectivity index (χ0) is 14.6. The molecule has 0 aliphatic carbocycles. The third-order valence-corrected chi connectivity index (χ3v) is 4.84. The number of carboxylic acid groups (broad SMARTS) is 1. The highest BCUT2D eigenvalue weighted by molar-refractivity contribution is 7.91. The van der Waals surface area contributed by atoms with Crippen molar-refractivity contribution in [1.29, 1.82) is 0 Å². The van der Waals surface area contributed by atoms with Crippen molar-refractivity contribution in [3.8, 4) is 0 Å². The summed E-state index contributed by atoms with van der Waals surface area (Å²) in [5, 5.41) is 13.8. The summed E-state index contributed by atoms with van der Waals surface area (Å²) in [7, 11) is -3.10. The van der Waals surface area contributed by atoms with Gasteiger partial charge in [-0.3, -0.25) is 0 Å². The smallest absolute Gasteiger partial charge is 0.326 e. The first kappa shape index (κ1) is 15.7. The van der Waals surface area contributed by atoms with Gasteiger partial charge in [-0.05, 0) is 18.8 Å². The van der Waals surface area contributed by atoms with Gasteiger partial charge in [-0.25, -0.2) is 18.0 Å². The number of amides is 2. The second kappa shape index (κ2) is 6.23. The predicted molar refractivity (Wildman–Crippen MR) is 69.6 cm³/mol. The first-order valence-electron chi connectivity index (χ1n) is 6.21. The van der Waals surface area contributed by atoms with Gasteiger partial charge in [-0.15, -0.1) is 0 Å². The van der Waals surface area contributed by atoms with E-state index in [1.165, 1.54) is 0 Å². The number of rotatable bonds is 4. The average molecular weight is 292 g/mol. The van der Waals surface area contributed by atoms with Crippen LogP contribution in [0.1, 0.15) is 26.7 Å². The number of carbonyl (C=O) groups is 2. The van der Waals surface area contributed by atoms with Gasteiger partial charge in [-0.2, -0.15) is 0 Å². The van der Waals surface area contributed by atoms with Crippen LogP contribution in [0.15, 0.2) is 0 Å². The fourth-order valence-electron chi connectivity index (χ4n) is 2.02. The second-order valence-corrected chi connectivity index (χ2v) is 7.36. The van der Waals surface area contributed by atoms with E-state index in [4.69, 9.17) is 5.11 Å². The molecule has 0 saturated carbocycles. The zero-order valence-corrected chi connectivity index (χ0v) is 11.9. The molecule has 1 aliphatic rings. The summed E-state index contributed by atoms with van der Waals surface area (Å²) in [6.07, 6.45) is 1.10. The Labute approximate surface area is 112 Å². The van der Waals surface area contributed by atoms with E-state index in [-0.39, 0.29) is 17.4 Å². The van der Waals surface area contributed by atoms with Crippen molar-refractivity contribution in [2.24, 2.45) is 5.92 Å². The Morgan fingerprint density at radius 1 is 1.32 bits per heavy atom. The highest BCUT2D eigenvalue weighted by Gasteiger charge is 2.28. The first-order valence-corrected chi connectivity index (χ1v) is 8.03. The topological polar surface area (TPSA) is 113 Å². The SMILES string of the molecule is CC(C)C(NC(=O)NC1CCCS(=O)(=O)C1)C(=O)O. The molecule has 1 rings (SSSR count). The molecule has 1 saturated heterocycles. The predicted octanol–water partition coefficient (Wildman–Crippen LogP) is -0.0280. The molecule has 0 radical (unpaired) electrons. The van der Waals surface area contributed by atoms with Crippen LogP contribution in [-0.4, -0.2) is 49.1 Å². The van der Waals surface area contributed by atoms with Crippen LogP contribution in [0.25, 0.3) is 0 Å². The van der Waals surface area contributed by atoms with E-state index in [9.17, 15) is 18.0 Å². The summed E-state index contributed by atoms with van der Waals surface area (Å²) in [6, 6.07) is -2.07. The quantitative estimate of drug-likeness (QED) is 0.673. The fourth-order valence-corrected chi connectivity index (χ4v) is 3.65. The third kappa shape index (κ3) is 5.06. The number of carboxylic acids is 1. The van der Waals surface area contributed by atoms with Gasteiger partial charge >= 0.3 is 12.0 Å². The minimum Gasteiger partial charge on any atom is -0.480 e. The Kier molecular flexibility index (Phi) is 5.16. The van der Waals surface area contributed by atoms with Crippen LogP contribution in [0.3, 0.4) is 0 Å². The van der Waals surface area contributed by atoms with Crippen LogP contribution < -0.4 is 10.6 Å². The van der Waals surface area contributed by atoms with Crippen molar-refractivity contribution in [2.45, 2.75) is 38.8 Å². The number of aliphatic carboxylic acids is 1. The van der Waals surface area contributed by atoms with Gasteiger partial charge in [0.05, 0.1) is 11.5 Å². The van der Waals surface area contributed by atoms with Gasteiger partial charge in [0, 0.05) is 6.04 Å². The lowest BCUT2D eigenvalue weighted by Crippen LogP contribution is -2.53. The molecule has 0 spiro atoms. The van der Waals surface area contributed by atoms with Gasteiger partial charge in [0.25, 0.3) is 0 Å². The molecule has 1 heterocycles. The minimum atomic E-state index is -3.10. The lowest BCUT2D eigenvalue weighted by molar-refractivity contribution is -0.140. The molecule has 2 amide bonds. The highest BCUT2D eigenvalue weighted by atomic mass is 32.2. The number of hydrogen-bond acceptors (Lipinski definition) is 4. The molecule has 0 bridgehead atoms. The maximum absolute atomic E-state index is 11.7. The van der Waals surface area contributed by atoms with Crippen LogP contribution in [0.2, 0.25) is 0 Å². The standard InChI is InChI=1S/C11H20N2O5S/c1-7(2)9(10(14)15)13-11(16)12-8-4-3-5-19(17,18)6-8/h7-9H,3-6H2,1-2H3,(H,14,15)(H2,12,13,16). The van der Waals surface area contributed by atoms with Crippen LogP contribution >= 0.6 is 0 Å². The van der Waals surface area contributed by atoms with Crippen LogP contribution in [0.4, 0.5) is 4.79 Å². The molecule has 0 aromatic carbocycles. The van der Waals surface area contributed by atoms with Crippen molar-refractivity contribution in [3.05, 3.63) is 0 Å². The lowest BCUT2D eigenvalue weighted by Gasteiger charge is -2.25. The van der Waals surface area contributed by atoms with E-state index in [1.54, 1.807) is 13.8 Å². The minimum absolute atomic E-state index is 0.0835. The first-order chi connectivity index (χ1) is 8.71. The molecule has 7 nitrogen and oxygen atoms in total. The highest BCUT2D eigenvalue weighted by Crippen LogP contribution is 2.12. The number of hydrogen-bond donors (Lipinski definition) is 3. The van der Waals surface area contributed by atoms with Crippen molar-refractivity contribution in [1.82, 2.24) is 10.6 Å². The molecule has 2 unspecified atom stereocenters. The van der Waals surface area contributed by atoms with Gasteiger partial charge < -0.3 is 15.7 Å². The van der Waals surface area contributed by atoms with Crippen LogP contribution in [0, 0.1) is 5.92 Å². The molecule has 1 aliphatic heterocycles. The zero-order valence-electron chi connectivity index (χ0n) is 11.0. The van der Waals surface area contributed by atoms with Crippen LogP contribution in [-0.2, 0) is 14.6 Å². The van der Waals surface area contributed by atoms with E-state index in [0.29, 0.717) is 12.8 Å². The van der Waals surface area contributed by atoms with Gasteiger partial charge in [0.1, 0.15) is 6.04 Å². The normalized spacial score (nSPS) is 23.6. The van der Waals surface area contributed by atoms with Crippen molar-refractivity contribution >= 4 is 21.8 Å². The Bertz CT molecular complexity index is 446. The molecule has 2 atom stereocenters. The van der Waals surface area contributed by atoms with E-state index >= 15 is 0 Å². The summed E-state index contributed by atoms with van der Waals surface area (Å²) in [5.41, 5.74) is 0. The monoisotopic (exact) mass is 292 g/mol. The molecule has 19 heavy (non-hydrogen) atoms. The molecular formula is C11H20N2O5S. The lowest BCUT2D eigenvalue weighted by atomic mass is 10.1. The summed E-state index contributed by atoms with van der Waals surface area (Å²) in [5.74, 6) is -1.30. The molecule has 0 aromatic heterocycles. The van der Waals surface area contributed by atoms with E-state index in [2.05, 4.69) is 10.6 Å². The number of urea groups is 1. The molecule has 0 aromatic rings. The maximum atomic E-state index is 11.7. The van der Waals surface area contributed by atoms with Gasteiger partial charge in [0.2, 0.25) is 0 Å². The Hall–Kier alpha value is -1.31. The van der Waals surface area contributed by atoms with E-state index < -0.39 is 33.9 Å². The maximum Gasteiger partial charge on any atom is 0.326 e. The van der Waals surface area contributed by atoms with E-state index in [1.807, 2.05) is 0 Å². The van der Waals surface area contributed by atoms with E-state index in [0.717, 1.165) is 0 Å². The number of nitrogens with one attached hydrogen (secondary N) is 2. The second-order valence-electron chi connectivity index (χ2n) is 5.13. The molecule has 110 valence electrons. The van der Waals surface area contributed by atoms with Gasteiger partial charge in [0.15, 0.2) is 9.84 Å². The summed E-state index contributed by atoms with van der Waals surface area (Å²) in [4.78, 5) is 22.6. The summed E-state index contributed by atoms with van der Waals surface area (Å²) in [6.45, 7) is 3.37. The average Bonchev–Trinajstić information content (AvgIpc) is 2.23. The molecular weight excluding hydrogens is 272 g/mol. The van der Waals surface area contributed by atoms with Crippen molar-refractivity contribution in [2.75, 3.05) is 11.5 Å². The van der Waals surface area contributed by atoms with Crippen molar-refractivity contribution < 1.29 is 23.1 Å². The molecule has 3 N–H and O–H groups in total. The van der Waals surface area contributed by atoms with Crippen LogP contribution in [0.5, 0.6) is 0 Å². The Morgan fingerprint density at radius 3 is 2.42 bits per heavy atom. The largest absolute Gasteiger partial charge is 0.480 e. The number of sulfone groups is 1. The Morgan fingerprint density at radius 2 is 1.95 bits per heavy atom.